The highest BCUT2D eigenvalue weighted by Gasteiger charge is 2.17. The average molecular weight is 172 g/mol. The highest BCUT2D eigenvalue weighted by atomic mass is 15.1. The van der Waals surface area contributed by atoms with Gasteiger partial charge in [0.1, 0.15) is 0 Å². The summed E-state index contributed by atoms with van der Waals surface area (Å²) in [4.78, 5) is 2.35. The fourth-order valence-electron chi connectivity index (χ4n) is 1.73. The van der Waals surface area contributed by atoms with E-state index in [2.05, 4.69) is 32.7 Å². The van der Waals surface area contributed by atoms with E-state index in [1.165, 1.54) is 12.8 Å². The van der Waals surface area contributed by atoms with Gasteiger partial charge in [-0.1, -0.05) is 27.2 Å². The molecule has 0 spiro atoms. The van der Waals surface area contributed by atoms with E-state index in [0.29, 0.717) is 6.04 Å². The topological polar surface area (TPSA) is 29.3 Å². The summed E-state index contributed by atoms with van der Waals surface area (Å²) >= 11 is 0. The van der Waals surface area contributed by atoms with E-state index in [0.717, 1.165) is 19.0 Å². The van der Waals surface area contributed by atoms with E-state index in [4.69, 9.17) is 5.73 Å². The average Bonchev–Trinajstić information content (AvgIpc) is 2.06. The first kappa shape index (κ1) is 11.9. The molecule has 2 N–H and O–H groups in total. The van der Waals surface area contributed by atoms with Crippen molar-refractivity contribution < 1.29 is 0 Å². The maximum atomic E-state index is 5.74. The minimum atomic E-state index is 0.565. The van der Waals surface area contributed by atoms with Crippen LogP contribution in [0.3, 0.4) is 0 Å². The number of hydrogen-bond acceptors (Lipinski definition) is 2. The zero-order chi connectivity index (χ0) is 9.56. The number of nitrogens with two attached hydrogens (primary N) is 1. The molecule has 0 bridgehead atoms. The van der Waals surface area contributed by atoms with E-state index in [9.17, 15) is 0 Å². The van der Waals surface area contributed by atoms with Crippen LogP contribution in [-0.4, -0.2) is 31.1 Å². The lowest BCUT2D eigenvalue weighted by Gasteiger charge is -2.30. The standard InChI is InChI=1S/C10H24N2/c1-5-7-9(3)10(8-11)12(4)6-2/h9-10H,5-8,11H2,1-4H3. The Bertz CT molecular complexity index is 104. The summed E-state index contributed by atoms with van der Waals surface area (Å²) in [6.45, 7) is 8.59. The summed E-state index contributed by atoms with van der Waals surface area (Å²) in [6.07, 6.45) is 2.54. The summed E-state index contributed by atoms with van der Waals surface area (Å²) in [5.41, 5.74) is 5.74. The number of nitrogens with zero attached hydrogens (tertiary/aromatic N) is 1. The first-order valence-corrected chi connectivity index (χ1v) is 5.07. The van der Waals surface area contributed by atoms with Gasteiger partial charge < -0.3 is 10.6 Å². The molecule has 0 aromatic carbocycles. The maximum absolute atomic E-state index is 5.74. The summed E-state index contributed by atoms with van der Waals surface area (Å²) in [7, 11) is 2.16. The third-order valence-electron chi connectivity index (χ3n) is 2.71. The smallest absolute Gasteiger partial charge is 0.0240 e. The molecular weight excluding hydrogens is 148 g/mol. The van der Waals surface area contributed by atoms with Crippen LogP contribution in [0.15, 0.2) is 0 Å². The third kappa shape index (κ3) is 3.55. The molecule has 0 amide bonds. The van der Waals surface area contributed by atoms with Crippen molar-refractivity contribution in [3.05, 3.63) is 0 Å². The van der Waals surface area contributed by atoms with Crippen LogP contribution in [0, 0.1) is 5.92 Å². The van der Waals surface area contributed by atoms with Gasteiger partial charge in [-0.2, -0.15) is 0 Å². The molecule has 2 atom stereocenters. The molecule has 0 aromatic rings. The van der Waals surface area contributed by atoms with Crippen molar-refractivity contribution in [1.82, 2.24) is 4.90 Å². The van der Waals surface area contributed by atoms with Crippen LogP contribution in [0.4, 0.5) is 0 Å². The van der Waals surface area contributed by atoms with Crippen LogP contribution < -0.4 is 5.73 Å². The molecule has 0 aromatic heterocycles. The number of likely N-dealkylation sites (N-methyl/N-ethyl adjacent to an activating group) is 1. The molecule has 0 aliphatic carbocycles. The normalized spacial score (nSPS) is 16.5. The second-order valence-electron chi connectivity index (χ2n) is 3.64. The molecule has 2 heteroatoms. The Balaban J connectivity index is 3.94. The summed E-state index contributed by atoms with van der Waals surface area (Å²) in [5, 5.41) is 0. The van der Waals surface area contributed by atoms with Crippen LogP contribution in [-0.2, 0) is 0 Å². The van der Waals surface area contributed by atoms with Gasteiger partial charge in [-0.3, -0.25) is 0 Å². The lowest BCUT2D eigenvalue weighted by atomic mass is 9.96. The molecule has 12 heavy (non-hydrogen) atoms. The molecule has 0 saturated heterocycles. The van der Waals surface area contributed by atoms with Crippen molar-refractivity contribution >= 4 is 0 Å². The van der Waals surface area contributed by atoms with Crippen molar-refractivity contribution in [3.63, 3.8) is 0 Å². The number of hydrogen-bond donors (Lipinski definition) is 1. The van der Waals surface area contributed by atoms with Gasteiger partial charge in [-0.25, -0.2) is 0 Å². The lowest BCUT2D eigenvalue weighted by Crippen LogP contribution is -2.42. The van der Waals surface area contributed by atoms with Gasteiger partial charge in [0.15, 0.2) is 0 Å². The third-order valence-corrected chi connectivity index (χ3v) is 2.71. The fraction of sp³-hybridized carbons (Fsp3) is 1.00. The Morgan fingerprint density at radius 3 is 2.25 bits per heavy atom. The molecule has 0 radical (unpaired) electrons. The van der Waals surface area contributed by atoms with Crippen molar-refractivity contribution in [2.24, 2.45) is 11.7 Å². The van der Waals surface area contributed by atoms with Crippen LogP contribution in [0.2, 0.25) is 0 Å². The predicted octanol–water partition coefficient (Wildman–Crippen LogP) is 1.70. The van der Waals surface area contributed by atoms with Crippen LogP contribution >= 0.6 is 0 Å². The molecule has 0 aliphatic heterocycles. The SMILES string of the molecule is CCCC(C)C(CN)N(C)CC. The second kappa shape index (κ2) is 6.44. The highest BCUT2D eigenvalue weighted by Crippen LogP contribution is 2.14. The van der Waals surface area contributed by atoms with Crippen molar-refractivity contribution in [1.29, 1.82) is 0 Å². The highest BCUT2D eigenvalue weighted by molar-refractivity contribution is 4.74. The Kier molecular flexibility index (Phi) is 6.39. The summed E-state index contributed by atoms with van der Waals surface area (Å²) < 4.78 is 0. The summed E-state index contributed by atoms with van der Waals surface area (Å²) in [6, 6.07) is 0.565. The first-order chi connectivity index (χ1) is 5.67. The predicted molar refractivity (Wildman–Crippen MR) is 55.2 cm³/mol. The molecular formula is C10H24N2. The van der Waals surface area contributed by atoms with Gasteiger partial charge in [0, 0.05) is 12.6 Å². The molecule has 0 rings (SSSR count). The fourth-order valence-corrected chi connectivity index (χ4v) is 1.73. The monoisotopic (exact) mass is 172 g/mol. The Morgan fingerprint density at radius 2 is 1.92 bits per heavy atom. The quantitative estimate of drug-likeness (QED) is 0.661. The molecule has 74 valence electrons. The zero-order valence-electron chi connectivity index (χ0n) is 9.01. The molecule has 0 heterocycles. The van der Waals surface area contributed by atoms with Gasteiger partial charge in [0.05, 0.1) is 0 Å². The molecule has 0 saturated carbocycles. The van der Waals surface area contributed by atoms with E-state index >= 15 is 0 Å². The van der Waals surface area contributed by atoms with Crippen LogP contribution in [0.25, 0.3) is 0 Å². The Labute approximate surface area is 77.1 Å². The van der Waals surface area contributed by atoms with E-state index in [1.54, 1.807) is 0 Å². The van der Waals surface area contributed by atoms with Crippen molar-refractivity contribution in [2.75, 3.05) is 20.1 Å². The van der Waals surface area contributed by atoms with E-state index in [1.807, 2.05) is 0 Å². The zero-order valence-corrected chi connectivity index (χ0v) is 9.01. The van der Waals surface area contributed by atoms with Crippen LogP contribution in [0.5, 0.6) is 0 Å². The van der Waals surface area contributed by atoms with Gasteiger partial charge >= 0.3 is 0 Å². The minimum absolute atomic E-state index is 0.565. The largest absolute Gasteiger partial charge is 0.329 e. The van der Waals surface area contributed by atoms with Gasteiger partial charge in [-0.05, 0) is 25.9 Å². The van der Waals surface area contributed by atoms with Gasteiger partial charge in [0.25, 0.3) is 0 Å². The summed E-state index contributed by atoms with van der Waals surface area (Å²) in [5.74, 6) is 0.727. The minimum Gasteiger partial charge on any atom is -0.329 e. The Morgan fingerprint density at radius 1 is 1.33 bits per heavy atom. The van der Waals surface area contributed by atoms with Crippen LogP contribution in [0.1, 0.15) is 33.6 Å². The van der Waals surface area contributed by atoms with E-state index < -0.39 is 0 Å². The molecule has 2 nitrogen and oxygen atoms in total. The molecule has 0 aliphatic rings. The Hall–Kier alpha value is -0.0800. The van der Waals surface area contributed by atoms with Crippen molar-refractivity contribution in [2.45, 2.75) is 39.7 Å². The first-order valence-electron chi connectivity index (χ1n) is 5.07. The molecule has 2 unspecified atom stereocenters. The maximum Gasteiger partial charge on any atom is 0.0240 e. The number of rotatable bonds is 6. The molecule has 0 fully saturated rings. The lowest BCUT2D eigenvalue weighted by molar-refractivity contribution is 0.190. The van der Waals surface area contributed by atoms with Crippen molar-refractivity contribution in [3.8, 4) is 0 Å². The van der Waals surface area contributed by atoms with E-state index in [-0.39, 0.29) is 0 Å². The second-order valence-corrected chi connectivity index (χ2v) is 3.64. The van der Waals surface area contributed by atoms with Gasteiger partial charge in [0.2, 0.25) is 0 Å². The van der Waals surface area contributed by atoms with Gasteiger partial charge in [-0.15, -0.1) is 0 Å².